The van der Waals surface area contributed by atoms with Gasteiger partial charge in [0.05, 0.1) is 0 Å². The lowest BCUT2D eigenvalue weighted by atomic mass is 10.2. The van der Waals surface area contributed by atoms with Crippen LogP contribution in [-0.2, 0) is 0 Å². The van der Waals surface area contributed by atoms with E-state index < -0.39 is 0 Å². The Balaban J connectivity index is 0.000000442. The Morgan fingerprint density at radius 1 is 0.867 bits per heavy atom. The number of hydrogen-bond donors (Lipinski definition) is 0. The maximum absolute atomic E-state index is 2.24. The van der Waals surface area contributed by atoms with Crippen LogP contribution in [0.1, 0.15) is 38.1 Å². The molecule has 0 nitrogen and oxygen atoms in total. The highest BCUT2D eigenvalue weighted by molar-refractivity contribution is 7.19. The van der Waals surface area contributed by atoms with Gasteiger partial charge in [0, 0.05) is 9.58 Å². The molecule has 0 atom stereocenters. The van der Waals surface area contributed by atoms with Crippen molar-refractivity contribution >= 4 is 21.4 Å². The Bertz CT molecular complexity index is 385. The van der Waals surface area contributed by atoms with Gasteiger partial charge in [0.15, 0.2) is 0 Å². The molecule has 0 amide bonds. The van der Waals surface area contributed by atoms with Crippen LogP contribution in [0.15, 0.2) is 24.3 Å². The maximum Gasteiger partial charge on any atom is 0.0348 e. The maximum atomic E-state index is 2.24. The Kier molecular flexibility index (Phi) is 7.06. The zero-order valence-electron chi connectivity index (χ0n) is 10.7. The van der Waals surface area contributed by atoms with Gasteiger partial charge in [-0.1, -0.05) is 39.8 Å². The number of fused-ring (bicyclic) bond motifs is 1. The summed E-state index contributed by atoms with van der Waals surface area (Å²) in [5, 5.41) is 1.37. The monoisotopic (exact) mass is 222 g/mol. The SMILES string of the molecule is CC.CC.Cc1ccc2cc(C)sc2c1. The van der Waals surface area contributed by atoms with Crippen molar-refractivity contribution in [1.29, 1.82) is 0 Å². The average Bonchev–Trinajstić information content (AvgIpc) is 2.63. The Hall–Kier alpha value is -0.820. The van der Waals surface area contributed by atoms with Gasteiger partial charge in [0.1, 0.15) is 0 Å². The van der Waals surface area contributed by atoms with Crippen LogP contribution in [0, 0.1) is 13.8 Å². The summed E-state index contributed by atoms with van der Waals surface area (Å²) in [7, 11) is 0. The van der Waals surface area contributed by atoms with Crippen LogP contribution in [0.5, 0.6) is 0 Å². The summed E-state index contributed by atoms with van der Waals surface area (Å²) in [6.07, 6.45) is 0. The predicted molar refractivity (Wildman–Crippen MR) is 74.0 cm³/mol. The molecule has 15 heavy (non-hydrogen) atoms. The number of aryl methyl sites for hydroxylation is 2. The van der Waals surface area contributed by atoms with Gasteiger partial charge in [-0.3, -0.25) is 0 Å². The molecular formula is C14H22S. The number of thiophene rings is 1. The molecule has 0 aliphatic rings. The third-order valence-electron chi connectivity index (χ3n) is 1.80. The molecule has 0 aliphatic carbocycles. The van der Waals surface area contributed by atoms with Gasteiger partial charge in [0.2, 0.25) is 0 Å². The van der Waals surface area contributed by atoms with E-state index in [1.54, 1.807) is 0 Å². The minimum atomic E-state index is 1.35. The quantitative estimate of drug-likeness (QED) is 0.546. The molecule has 1 heteroatoms. The fourth-order valence-electron chi connectivity index (χ4n) is 1.27. The van der Waals surface area contributed by atoms with Crippen LogP contribution in [-0.4, -0.2) is 0 Å². The second kappa shape index (κ2) is 7.47. The van der Waals surface area contributed by atoms with Gasteiger partial charge >= 0.3 is 0 Å². The van der Waals surface area contributed by atoms with Crippen LogP contribution < -0.4 is 0 Å². The first-order chi connectivity index (χ1) is 7.25. The predicted octanol–water partition coefficient (Wildman–Crippen LogP) is 5.57. The molecule has 0 aliphatic heterocycles. The van der Waals surface area contributed by atoms with Crippen LogP contribution >= 0.6 is 11.3 Å². The van der Waals surface area contributed by atoms with Crippen molar-refractivity contribution < 1.29 is 0 Å². The summed E-state index contributed by atoms with van der Waals surface area (Å²) in [6, 6.07) is 8.83. The zero-order valence-corrected chi connectivity index (χ0v) is 11.5. The molecule has 1 aromatic carbocycles. The average molecular weight is 222 g/mol. The van der Waals surface area contributed by atoms with Crippen molar-refractivity contribution in [3.8, 4) is 0 Å². The third kappa shape index (κ3) is 4.05. The van der Waals surface area contributed by atoms with Gasteiger partial charge in [0.25, 0.3) is 0 Å². The summed E-state index contributed by atoms with van der Waals surface area (Å²) in [5.41, 5.74) is 1.35. The molecule has 0 spiro atoms. The minimum absolute atomic E-state index is 1.35. The van der Waals surface area contributed by atoms with Gasteiger partial charge in [-0.15, -0.1) is 11.3 Å². The number of rotatable bonds is 0. The molecule has 0 saturated carbocycles. The van der Waals surface area contributed by atoms with E-state index >= 15 is 0 Å². The first-order valence-corrected chi connectivity index (χ1v) is 6.54. The molecule has 1 aromatic heterocycles. The van der Waals surface area contributed by atoms with Gasteiger partial charge in [-0.2, -0.15) is 0 Å². The van der Waals surface area contributed by atoms with E-state index in [-0.39, 0.29) is 0 Å². The zero-order chi connectivity index (χ0) is 11.8. The molecule has 0 saturated heterocycles. The highest BCUT2D eigenvalue weighted by atomic mass is 32.1. The van der Waals surface area contributed by atoms with Gasteiger partial charge < -0.3 is 0 Å². The Morgan fingerprint density at radius 2 is 1.47 bits per heavy atom. The van der Waals surface area contributed by atoms with Crippen molar-refractivity contribution in [2.75, 3.05) is 0 Å². The smallest absolute Gasteiger partial charge is 0.0348 e. The third-order valence-corrected chi connectivity index (χ3v) is 2.81. The lowest BCUT2D eigenvalue weighted by Crippen LogP contribution is -1.66. The largest absolute Gasteiger partial charge is 0.141 e. The van der Waals surface area contributed by atoms with Crippen molar-refractivity contribution in [3.63, 3.8) is 0 Å². The van der Waals surface area contributed by atoms with Crippen LogP contribution in [0.3, 0.4) is 0 Å². The van der Waals surface area contributed by atoms with Gasteiger partial charge in [-0.05, 0) is 36.9 Å². The molecule has 0 radical (unpaired) electrons. The fourth-order valence-corrected chi connectivity index (χ4v) is 2.29. The summed E-state index contributed by atoms with van der Waals surface area (Å²) >= 11 is 1.87. The van der Waals surface area contributed by atoms with Crippen LogP contribution in [0.4, 0.5) is 0 Å². The number of hydrogen-bond acceptors (Lipinski definition) is 1. The van der Waals surface area contributed by atoms with E-state index in [1.165, 1.54) is 20.5 Å². The second-order valence-corrected chi connectivity index (χ2v) is 4.19. The fraction of sp³-hybridized carbons (Fsp3) is 0.429. The molecular weight excluding hydrogens is 200 g/mol. The molecule has 84 valence electrons. The van der Waals surface area contributed by atoms with E-state index in [2.05, 4.69) is 38.1 Å². The lowest BCUT2D eigenvalue weighted by molar-refractivity contribution is 1.50. The van der Waals surface area contributed by atoms with Crippen LogP contribution in [0.25, 0.3) is 10.1 Å². The normalized spacial score (nSPS) is 8.67. The summed E-state index contributed by atoms with van der Waals surface area (Å²) < 4.78 is 1.41. The highest BCUT2D eigenvalue weighted by Gasteiger charge is 1.96. The molecule has 0 N–H and O–H groups in total. The lowest BCUT2D eigenvalue weighted by Gasteiger charge is -1.89. The second-order valence-electron chi connectivity index (χ2n) is 2.90. The topological polar surface area (TPSA) is 0 Å². The molecule has 0 bridgehead atoms. The van der Waals surface area contributed by atoms with E-state index in [0.717, 1.165) is 0 Å². The first kappa shape index (κ1) is 14.2. The summed E-state index contributed by atoms with van der Waals surface area (Å²) in [6.45, 7) is 12.3. The van der Waals surface area contributed by atoms with Gasteiger partial charge in [-0.25, -0.2) is 0 Å². The molecule has 0 unspecified atom stereocenters. The minimum Gasteiger partial charge on any atom is -0.141 e. The summed E-state index contributed by atoms with van der Waals surface area (Å²) in [4.78, 5) is 1.39. The van der Waals surface area contributed by atoms with E-state index in [4.69, 9.17) is 0 Å². The Labute approximate surface area is 98.0 Å². The first-order valence-electron chi connectivity index (χ1n) is 5.72. The van der Waals surface area contributed by atoms with E-state index in [0.29, 0.717) is 0 Å². The van der Waals surface area contributed by atoms with Crippen molar-refractivity contribution in [2.45, 2.75) is 41.5 Å². The molecule has 0 fully saturated rings. The molecule has 2 aromatic rings. The highest BCUT2D eigenvalue weighted by Crippen LogP contribution is 2.25. The van der Waals surface area contributed by atoms with Crippen LogP contribution in [0.2, 0.25) is 0 Å². The van der Waals surface area contributed by atoms with E-state index in [1.807, 2.05) is 39.0 Å². The van der Waals surface area contributed by atoms with Crippen molar-refractivity contribution in [3.05, 3.63) is 34.7 Å². The standard InChI is InChI=1S/C10H10S.2C2H6/c1-7-3-4-9-6-8(2)11-10(9)5-7;2*1-2/h3-6H,1-2H3;2*1-2H3. The number of benzene rings is 1. The Morgan fingerprint density at radius 3 is 2.07 bits per heavy atom. The van der Waals surface area contributed by atoms with Crippen molar-refractivity contribution in [2.24, 2.45) is 0 Å². The molecule has 1 heterocycles. The molecule has 2 rings (SSSR count). The van der Waals surface area contributed by atoms with E-state index in [9.17, 15) is 0 Å². The summed E-state index contributed by atoms with van der Waals surface area (Å²) in [5.74, 6) is 0. The van der Waals surface area contributed by atoms with Crippen molar-refractivity contribution in [1.82, 2.24) is 0 Å².